The van der Waals surface area contributed by atoms with E-state index in [1.807, 2.05) is 0 Å². The van der Waals surface area contributed by atoms with E-state index in [-0.39, 0.29) is 22.4 Å². The summed E-state index contributed by atoms with van der Waals surface area (Å²) in [6, 6.07) is 7.57. The average molecular weight is 399 g/mol. The van der Waals surface area contributed by atoms with Gasteiger partial charge in [0.2, 0.25) is 0 Å². The highest BCUT2D eigenvalue weighted by molar-refractivity contribution is 6.43. The number of halogens is 5. The van der Waals surface area contributed by atoms with Crippen LogP contribution in [0.2, 0.25) is 25.1 Å². The maximum atomic E-state index is 11.8. The van der Waals surface area contributed by atoms with Gasteiger partial charge >= 0.3 is 0 Å². The third-order valence-corrected chi connectivity index (χ3v) is 3.93. The maximum absolute atomic E-state index is 11.8. The normalized spacial score (nSPS) is 10.4. The van der Waals surface area contributed by atoms with E-state index in [0.29, 0.717) is 20.8 Å². The van der Waals surface area contributed by atoms with Gasteiger partial charge in [-0.3, -0.25) is 4.79 Å². The van der Waals surface area contributed by atoms with Crippen LogP contribution in [-0.4, -0.2) is 12.5 Å². The first kappa shape index (κ1) is 17.5. The lowest BCUT2D eigenvalue weighted by molar-refractivity contribution is -0.118. The van der Waals surface area contributed by atoms with Crippen molar-refractivity contribution >= 4 is 69.6 Å². The topological polar surface area (TPSA) is 38.3 Å². The highest BCUT2D eigenvalue weighted by Gasteiger charge is 2.10. The van der Waals surface area contributed by atoms with Crippen molar-refractivity contribution in [2.45, 2.75) is 0 Å². The minimum atomic E-state index is -0.402. The van der Waals surface area contributed by atoms with Gasteiger partial charge in [0.05, 0.1) is 15.1 Å². The Labute approximate surface area is 152 Å². The molecule has 0 fully saturated rings. The largest absolute Gasteiger partial charge is 0.482 e. The molecule has 116 valence electrons. The third kappa shape index (κ3) is 4.83. The summed E-state index contributed by atoms with van der Waals surface area (Å²) >= 11 is 29.3. The molecule has 3 nitrogen and oxygen atoms in total. The van der Waals surface area contributed by atoms with Crippen LogP contribution in [0.25, 0.3) is 0 Å². The molecular formula is C14H8Cl5NO2. The van der Waals surface area contributed by atoms with Crippen LogP contribution in [0.15, 0.2) is 30.3 Å². The summed E-state index contributed by atoms with van der Waals surface area (Å²) < 4.78 is 5.31. The van der Waals surface area contributed by atoms with Gasteiger partial charge in [0.25, 0.3) is 5.91 Å². The van der Waals surface area contributed by atoms with Crippen molar-refractivity contribution in [2.75, 3.05) is 11.9 Å². The molecule has 0 atom stereocenters. The van der Waals surface area contributed by atoms with Gasteiger partial charge < -0.3 is 10.1 Å². The second-order valence-electron chi connectivity index (χ2n) is 4.19. The highest BCUT2D eigenvalue weighted by atomic mass is 35.5. The fourth-order valence-corrected chi connectivity index (χ4v) is 2.70. The van der Waals surface area contributed by atoms with Gasteiger partial charge in [-0.15, -0.1) is 0 Å². The molecule has 0 aliphatic carbocycles. The van der Waals surface area contributed by atoms with Crippen LogP contribution in [0.5, 0.6) is 5.75 Å². The Bertz CT molecular complexity index is 700. The lowest BCUT2D eigenvalue weighted by atomic mass is 10.3. The fourth-order valence-electron chi connectivity index (χ4n) is 1.58. The number of benzene rings is 2. The summed E-state index contributed by atoms with van der Waals surface area (Å²) in [4.78, 5) is 11.8. The number of carbonyl (C=O) groups excluding carboxylic acids is 1. The number of nitrogens with one attached hydrogen (secondary N) is 1. The molecule has 0 saturated carbocycles. The lowest BCUT2D eigenvalue weighted by Gasteiger charge is -2.10. The Morgan fingerprint density at radius 2 is 1.45 bits per heavy atom. The minimum absolute atomic E-state index is 0.257. The molecule has 0 aliphatic rings. The first-order valence-electron chi connectivity index (χ1n) is 5.88. The second-order valence-corrected chi connectivity index (χ2v) is 6.29. The molecule has 0 spiro atoms. The zero-order chi connectivity index (χ0) is 16.3. The van der Waals surface area contributed by atoms with Gasteiger partial charge in [0, 0.05) is 21.8 Å². The van der Waals surface area contributed by atoms with Crippen LogP contribution in [0.4, 0.5) is 5.69 Å². The molecule has 1 amide bonds. The van der Waals surface area contributed by atoms with E-state index in [1.54, 1.807) is 18.2 Å². The molecule has 0 aromatic heterocycles. The SMILES string of the molecule is O=C(COc1cc(Cl)c(Cl)cc1Cl)Nc1cc(Cl)cc(Cl)c1. The van der Waals surface area contributed by atoms with Crippen LogP contribution >= 0.6 is 58.0 Å². The average Bonchev–Trinajstić information content (AvgIpc) is 2.40. The van der Waals surface area contributed by atoms with Gasteiger partial charge in [-0.25, -0.2) is 0 Å². The van der Waals surface area contributed by atoms with E-state index in [4.69, 9.17) is 62.7 Å². The summed E-state index contributed by atoms with van der Waals surface area (Å²) in [6.45, 7) is -0.262. The Kier molecular flexibility index (Phi) is 6.07. The van der Waals surface area contributed by atoms with Crippen molar-refractivity contribution in [1.29, 1.82) is 0 Å². The molecule has 2 aromatic rings. The third-order valence-electron chi connectivity index (χ3n) is 2.48. The Morgan fingerprint density at radius 1 is 0.864 bits per heavy atom. The molecular weight excluding hydrogens is 391 g/mol. The van der Waals surface area contributed by atoms with Crippen molar-refractivity contribution in [3.63, 3.8) is 0 Å². The molecule has 0 heterocycles. The number of anilines is 1. The van der Waals surface area contributed by atoms with E-state index in [1.165, 1.54) is 12.1 Å². The molecule has 0 aliphatic heterocycles. The summed E-state index contributed by atoms with van der Waals surface area (Å²) in [5, 5.41) is 4.27. The molecule has 22 heavy (non-hydrogen) atoms. The van der Waals surface area contributed by atoms with Crippen LogP contribution in [0, 0.1) is 0 Å². The van der Waals surface area contributed by atoms with E-state index in [9.17, 15) is 4.79 Å². The number of hydrogen-bond donors (Lipinski definition) is 1. The first-order valence-corrected chi connectivity index (χ1v) is 7.77. The van der Waals surface area contributed by atoms with Crippen molar-refractivity contribution in [3.05, 3.63) is 55.4 Å². The standard InChI is InChI=1S/C14H8Cl5NO2/c15-7-1-8(16)3-9(2-7)20-14(21)6-22-13-5-11(18)10(17)4-12(13)19/h1-5H,6H2,(H,20,21). The zero-order valence-corrected chi connectivity index (χ0v) is 14.6. The first-order chi connectivity index (χ1) is 10.3. The van der Waals surface area contributed by atoms with Crippen LogP contribution in [-0.2, 0) is 4.79 Å². The molecule has 1 N–H and O–H groups in total. The highest BCUT2D eigenvalue weighted by Crippen LogP contribution is 2.33. The number of carbonyl (C=O) groups is 1. The van der Waals surface area contributed by atoms with Gasteiger partial charge in [-0.2, -0.15) is 0 Å². The predicted molar refractivity (Wildman–Crippen MR) is 92.1 cm³/mol. The smallest absolute Gasteiger partial charge is 0.262 e. The van der Waals surface area contributed by atoms with Crippen molar-refractivity contribution in [3.8, 4) is 5.75 Å². The van der Waals surface area contributed by atoms with Crippen LogP contribution < -0.4 is 10.1 Å². The van der Waals surface area contributed by atoms with Crippen molar-refractivity contribution in [1.82, 2.24) is 0 Å². The van der Waals surface area contributed by atoms with E-state index in [2.05, 4.69) is 5.32 Å². The number of hydrogen-bond acceptors (Lipinski definition) is 2. The Hall–Kier alpha value is -0.840. The van der Waals surface area contributed by atoms with Crippen molar-refractivity contribution in [2.24, 2.45) is 0 Å². The van der Waals surface area contributed by atoms with Gasteiger partial charge in [-0.1, -0.05) is 58.0 Å². The summed E-state index contributed by atoms with van der Waals surface area (Å²) in [5.41, 5.74) is 0.464. The van der Waals surface area contributed by atoms with Crippen LogP contribution in [0.1, 0.15) is 0 Å². The van der Waals surface area contributed by atoms with Gasteiger partial charge in [0.1, 0.15) is 5.75 Å². The number of amides is 1. The molecule has 8 heteroatoms. The maximum Gasteiger partial charge on any atom is 0.262 e. The monoisotopic (exact) mass is 397 g/mol. The lowest BCUT2D eigenvalue weighted by Crippen LogP contribution is -2.20. The van der Waals surface area contributed by atoms with E-state index in [0.717, 1.165) is 0 Å². The van der Waals surface area contributed by atoms with E-state index >= 15 is 0 Å². The predicted octanol–water partition coefficient (Wildman–Crippen LogP) is 5.97. The zero-order valence-electron chi connectivity index (χ0n) is 10.8. The van der Waals surface area contributed by atoms with Crippen LogP contribution in [0.3, 0.4) is 0 Å². The quantitative estimate of drug-likeness (QED) is 0.643. The molecule has 0 saturated heterocycles. The van der Waals surface area contributed by atoms with Crippen molar-refractivity contribution < 1.29 is 9.53 Å². The number of rotatable bonds is 4. The molecule has 0 unspecified atom stereocenters. The Morgan fingerprint density at radius 3 is 2.09 bits per heavy atom. The summed E-state index contributed by atoms with van der Waals surface area (Å²) in [6.07, 6.45) is 0. The molecule has 2 aromatic carbocycles. The van der Waals surface area contributed by atoms with Gasteiger partial charge in [-0.05, 0) is 24.3 Å². The fraction of sp³-hybridized carbons (Fsp3) is 0.0714. The minimum Gasteiger partial charge on any atom is -0.482 e. The van der Waals surface area contributed by atoms with Gasteiger partial charge in [0.15, 0.2) is 6.61 Å². The van der Waals surface area contributed by atoms with E-state index < -0.39 is 5.91 Å². The second kappa shape index (κ2) is 7.62. The molecule has 0 radical (unpaired) electrons. The number of ether oxygens (including phenoxy) is 1. The molecule has 0 bridgehead atoms. The summed E-state index contributed by atoms with van der Waals surface area (Å²) in [7, 11) is 0. The summed E-state index contributed by atoms with van der Waals surface area (Å²) in [5.74, 6) is -0.143. The Balaban J connectivity index is 2.00. The molecule has 2 rings (SSSR count).